The van der Waals surface area contributed by atoms with Crippen molar-refractivity contribution in [1.29, 1.82) is 0 Å². The van der Waals surface area contributed by atoms with Gasteiger partial charge in [-0.1, -0.05) is 6.07 Å². The number of aromatic amines is 1. The van der Waals surface area contributed by atoms with Gasteiger partial charge in [-0.15, -0.1) is 0 Å². The number of nitrogens with two attached hydrogens (primary N) is 1. The highest BCUT2D eigenvalue weighted by atomic mass is 16.2. The Morgan fingerprint density at radius 3 is 3.10 bits per heavy atom. The van der Waals surface area contributed by atoms with E-state index < -0.39 is 0 Å². The lowest BCUT2D eigenvalue weighted by molar-refractivity contribution is 0.0663. The van der Waals surface area contributed by atoms with Crippen molar-refractivity contribution in [1.82, 2.24) is 9.88 Å². The van der Waals surface area contributed by atoms with Gasteiger partial charge < -0.3 is 15.6 Å². The van der Waals surface area contributed by atoms with Crippen LogP contribution in [0.15, 0.2) is 30.5 Å². The Hall–Kier alpha value is -1.81. The van der Waals surface area contributed by atoms with Crippen LogP contribution in [-0.2, 0) is 0 Å². The van der Waals surface area contributed by atoms with Crippen LogP contribution in [0.1, 0.15) is 30.1 Å². The van der Waals surface area contributed by atoms with Crippen molar-refractivity contribution in [3.05, 3.63) is 36.0 Å². The maximum Gasteiger partial charge on any atom is 0.254 e. The number of hydrogen-bond donors (Lipinski definition) is 2. The lowest BCUT2D eigenvalue weighted by Crippen LogP contribution is -2.45. The van der Waals surface area contributed by atoms with Crippen LogP contribution in [0.5, 0.6) is 0 Å². The van der Waals surface area contributed by atoms with E-state index >= 15 is 0 Å². The van der Waals surface area contributed by atoms with E-state index in [1.807, 2.05) is 42.3 Å². The van der Waals surface area contributed by atoms with Crippen LogP contribution in [0, 0.1) is 5.92 Å². The minimum atomic E-state index is 0.126. The minimum absolute atomic E-state index is 0.126. The van der Waals surface area contributed by atoms with Crippen molar-refractivity contribution in [2.24, 2.45) is 11.7 Å². The molecule has 1 fully saturated rings. The molecule has 3 N–H and O–H groups in total. The Morgan fingerprint density at radius 2 is 2.30 bits per heavy atom. The number of H-pyrrole nitrogens is 1. The number of likely N-dealkylation sites (tertiary alicyclic amines) is 1. The molecule has 1 aliphatic heterocycles. The first-order valence-corrected chi connectivity index (χ1v) is 7.28. The molecule has 20 heavy (non-hydrogen) atoms. The summed E-state index contributed by atoms with van der Waals surface area (Å²) < 4.78 is 0. The van der Waals surface area contributed by atoms with E-state index in [1.165, 1.54) is 0 Å². The molecule has 0 radical (unpaired) electrons. The average molecular weight is 271 g/mol. The number of rotatable bonds is 2. The van der Waals surface area contributed by atoms with Gasteiger partial charge in [-0.2, -0.15) is 0 Å². The second kappa shape index (κ2) is 5.29. The second-order valence-electron chi connectivity index (χ2n) is 5.76. The molecular weight excluding hydrogens is 250 g/mol. The zero-order valence-corrected chi connectivity index (χ0v) is 11.8. The number of aromatic nitrogens is 1. The number of hydrogen-bond acceptors (Lipinski definition) is 2. The van der Waals surface area contributed by atoms with E-state index in [-0.39, 0.29) is 11.9 Å². The van der Waals surface area contributed by atoms with Gasteiger partial charge in [-0.25, -0.2) is 0 Å². The van der Waals surface area contributed by atoms with E-state index in [0.29, 0.717) is 5.92 Å². The standard InChI is InChI=1S/C16H21N3O/c1-11(17)12-4-3-9-19(10-12)16(20)14-5-2-6-15-13(14)7-8-18-15/h2,5-8,11-12,18H,3-4,9-10,17H2,1H3. The van der Waals surface area contributed by atoms with Crippen LogP contribution in [0.4, 0.5) is 0 Å². The van der Waals surface area contributed by atoms with Gasteiger partial charge in [0.05, 0.1) is 0 Å². The number of piperidine rings is 1. The summed E-state index contributed by atoms with van der Waals surface area (Å²) in [6.07, 6.45) is 4.04. The molecule has 2 atom stereocenters. The van der Waals surface area contributed by atoms with Gasteiger partial charge in [-0.3, -0.25) is 4.79 Å². The molecule has 1 aliphatic rings. The maximum atomic E-state index is 12.8. The molecule has 3 rings (SSSR count). The van der Waals surface area contributed by atoms with Crippen LogP contribution in [-0.4, -0.2) is 34.9 Å². The summed E-state index contributed by atoms with van der Waals surface area (Å²) in [6.45, 7) is 3.64. The molecule has 4 heteroatoms. The molecule has 106 valence electrons. The van der Waals surface area contributed by atoms with Crippen molar-refractivity contribution in [2.75, 3.05) is 13.1 Å². The van der Waals surface area contributed by atoms with Gasteiger partial charge >= 0.3 is 0 Å². The molecule has 4 nitrogen and oxygen atoms in total. The zero-order chi connectivity index (χ0) is 14.1. The third-order valence-corrected chi connectivity index (χ3v) is 4.31. The second-order valence-corrected chi connectivity index (χ2v) is 5.76. The fraction of sp³-hybridized carbons (Fsp3) is 0.438. The predicted octanol–water partition coefficient (Wildman–Crippen LogP) is 2.37. The molecule has 0 saturated carbocycles. The van der Waals surface area contributed by atoms with Gasteiger partial charge in [0.1, 0.15) is 0 Å². The van der Waals surface area contributed by atoms with Crippen molar-refractivity contribution >= 4 is 16.8 Å². The highest BCUT2D eigenvalue weighted by Crippen LogP contribution is 2.23. The molecule has 1 aromatic heterocycles. The van der Waals surface area contributed by atoms with Gasteiger partial charge in [0.2, 0.25) is 0 Å². The predicted molar refractivity (Wildman–Crippen MR) is 80.6 cm³/mol. The summed E-state index contributed by atoms with van der Waals surface area (Å²) >= 11 is 0. The maximum absolute atomic E-state index is 12.8. The summed E-state index contributed by atoms with van der Waals surface area (Å²) in [4.78, 5) is 17.9. The molecule has 2 heterocycles. The van der Waals surface area contributed by atoms with Crippen LogP contribution in [0.2, 0.25) is 0 Å². The topological polar surface area (TPSA) is 62.1 Å². The summed E-state index contributed by atoms with van der Waals surface area (Å²) in [5.74, 6) is 0.540. The van der Waals surface area contributed by atoms with Crippen LogP contribution < -0.4 is 5.73 Å². The molecule has 1 aromatic carbocycles. The molecule has 0 aliphatic carbocycles. The number of fused-ring (bicyclic) bond motifs is 1. The minimum Gasteiger partial charge on any atom is -0.361 e. The lowest BCUT2D eigenvalue weighted by atomic mass is 9.91. The van der Waals surface area contributed by atoms with Gasteiger partial charge in [0.25, 0.3) is 5.91 Å². The fourth-order valence-corrected chi connectivity index (χ4v) is 3.07. The molecule has 2 unspecified atom stereocenters. The third kappa shape index (κ3) is 2.31. The molecule has 1 amide bonds. The number of carbonyl (C=O) groups is 1. The largest absolute Gasteiger partial charge is 0.361 e. The van der Waals surface area contributed by atoms with Gasteiger partial charge in [-0.05, 0) is 43.9 Å². The first-order chi connectivity index (χ1) is 9.66. The highest BCUT2D eigenvalue weighted by molar-refractivity contribution is 6.06. The summed E-state index contributed by atoms with van der Waals surface area (Å²) in [6, 6.07) is 7.95. The molecule has 0 bridgehead atoms. The summed E-state index contributed by atoms with van der Waals surface area (Å²) in [5, 5.41) is 1.00. The van der Waals surface area contributed by atoms with Crippen LogP contribution in [0.3, 0.4) is 0 Å². The zero-order valence-electron chi connectivity index (χ0n) is 11.8. The van der Waals surface area contributed by atoms with Gasteiger partial charge in [0.15, 0.2) is 0 Å². The molecule has 2 aromatic rings. The Morgan fingerprint density at radius 1 is 1.45 bits per heavy atom. The fourth-order valence-electron chi connectivity index (χ4n) is 3.07. The Bertz CT molecular complexity index is 617. The average Bonchev–Trinajstić information content (AvgIpc) is 2.95. The van der Waals surface area contributed by atoms with E-state index in [4.69, 9.17) is 5.73 Å². The molecule has 1 saturated heterocycles. The van der Waals surface area contributed by atoms with Crippen molar-refractivity contribution in [3.8, 4) is 0 Å². The monoisotopic (exact) mass is 271 g/mol. The van der Waals surface area contributed by atoms with Crippen molar-refractivity contribution in [2.45, 2.75) is 25.8 Å². The first-order valence-electron chi connectivity index (χ1n) is 7.28. The third-order valence-electron chi connectivity index (χ3n) is 4.31. The number of amides is 1. The SMILES string of the molecule is CC(N)C1CCCN(C(=O)c2cccc3[nH]ccc23)C1. The van der Waals surface area contributed by atoms with E-state index in [2.05, 4.69) is 4.98 Å². The summed E-state index contributed by atoms with van der Waals surface area (Å²) in [7, 11) is 0. The lowest BCUT2D eigenvalue weighted by Gasteiger charge is -2.34. The van der Waals surface area contributed by atoms with E-state index in [1.54, 1.807) is 0 Å². The van der Waals surface area contributed by atoms with Crippen molar-refractivity contribution in [3.63, 3.8) is 0 Å². The number of carbonyl (C=O) groups excluding carboxylic acids is 1. The quantitative estimate of drug-likeness (QED) is 0.881. The number of nitrogens with one attached hydrogen (secondary N) is 1. The number of nitrogens with zero attached hydrogens (tertiary/aromatic N) is 1. The Labute approximate surface area is 118 Å². The van der Waals surface area contributed by atoms with Gasteiger partial charge in [0, 0.05) is 41.8 Å². The Balaban J connectivity index is 1.87. The van der Waals surface area contributed by atoms with E-state index in [0.717, 1.165) is 42.4 Å². The highest BCUT2D eigenvalue weighted by Gasteiger charge is 2.27. The molecular formula is C16H21N3O. The normalized spacial score (nSPS) is 21.1. The van der Waals surface area contributed by atoms with Crippen LogP contribution >= 0.6 is 0 Å². The van der Waals surface area contributed by atoms with Crippen molar-refractivity contribution < 1.29 is 4.79 Å². The summed E-state index contributed by atoms with van der Waals surface area (Å²) in [5.41, 5.74) is 7.80. The molecule has 0 spiro atoms. The first kappa shape index (κ1) is 13.2. The Kier molecular flexibility index (Phi) is 3.49. The smallest absolute Gasteiger partial charge is 0.254 e. The van der Waals surface area contributed by atoms with E-state index in [9.17, 15) is 4.79 Å². The number of benzene rings is 1. The van der Waals surface area contributed by atoms with Crippen LogP contribution in [0.25, 0.3) is 10.9 Å².